The van der Waals surface area contributed by atoms with Crippen LogP contribution in [-0.4, -0.2) is 20.1 Å². The number of carbonyl (C=O) groups excluding carboxylic acids is 1. The Kier molecular flexibility index (Phi) is 4.24. The lowest BCUT2D eigenvalue weighted by molar-refractivity contribution is -0.139. The molecule has 3 heteroatoms. The summed E-state index contributed by atoms with van der Waals surface area (Å²) in [7, 11) is 3.20. The van der Waals surface area contributed by atoms with Crippen LogP contribution in [0.3, 0.4) is 0 Å². The summed E-state index contributed by atoms with van der Waals surface area (Å²) >= 11 is 0. The normalized spacial score (nSPS) is 8.67. The van der Waals surface area contributed by atoms with Crippen molar-refractivity contribution in [3.63, 3.8) is 0 Å². The molecule has 0 radical (unpaired) electrons. The largest absolute Gasteiger partial charge is 0.468 e. The molecule has 0 aliphatic carbocycles. The predicted octanol–water partition coefficient (Wildman–Crippen LogP) is 1.64. The summed E-state index contributed by atoms with van der Waals surface area (Å²) in [6.45, 7) is 0. The summed E-state index contributed by atoms with van der Waals surface area (Å²) < 4.78 is 4.48. The lowest BCUT2D eigenvalue weighted by Crippen LogP contribution is -1.97. The molecular formula is C12H13NO2. The van der Waals surface area contributed by atoms with E-state index in [2.05, 4.69) is 21.9 Å². The molecule has 0 bridgehead atoms. The number of methoxy groups -OCH3 is 1. The Balaban J connectivity index is 2.67. The van der Waals surface area contributed by atoms with Crippen LogP contribution in [0.4, 0.5) is 5.69 Å². The zero-order valence-corrected chi connectivity index (χ0v) is 8.83. The molecule has 0 unspecified atom stereocenters. The van der Waals surface area contributed by atoms with E-state index in [9.17, 15) is 4.79 Å². The fraction of sp³-hybridized carbons (Fsp3) is 0.250. The van der Waals surface area contributed by atoms with Gasteiger partial charge < -0.3 is 10.1 Å². The van der Waals surface area contributed by atoms with E-state index >= 15 is 0 Å². The fourth-order valence-corrected chi connectivity index (χ4v) is 1.04. The quantitative estimate of drug-likeness (QED) is 0.586. The first-order chi connectivity index (χ1) is 7.26. The van der Waals surface area contributed by atoms with Crippen molar-refractivity contribution in [2.45, 2.75) is 6.42 Å². The first kappa shape index (κ1) is 11.1. The Bertz CT molecular complexity index is 402. The molecule has 0 aliphatic heterocycles. The summed E-state index contributed by atoms with van der Waals surface area (Å²) in [4.78, 5) is 10.8. The number of anilines is 1. The molecule has 0 aliphatic rings. The summed E-state index contributed by atoms with van der Waals surface area (Å²) in [6, 6.07) is 7.68. The van der Waals surface area contributed by atoms with Crippen molar-refractivity contribution in [3.05, 3.63) is 29.8 Å². The van der Waals surface area contributed by atoms with Crippen LogP contribution in [0, 0.1) is 11.8 Å². The van der Waals surface area contributed by atoms with Crippen molar-refractivity contribution in [3.8, 4) is 11.8 Å². The monoisotopic (exact) mass is 203 g/mol. The smallest absolute Gasteiger partial charge is 0.317 e. The lowest BCUT2D eigenvalue weighted by Gasteiger charge is -1.98. The van der Waals surface area contributed by atoms with Crippen molar-refractivity contribution >= 4 is 11.7 Å². The van der Waals surface area contributed by atoms with Gasteiger partial charge in [0.25, 0.3) is 0 Å². The van der Waals surface area contributed by atoms with Crippen LogP contribution in [0.1, 0.15) is 12.0 Å². The van der Waals surface area contributed by atoms with Crippen LogP contribution in [0.15, 0.2) is 24.3 Å². The van der Waals surface area contributed by atoms with E-state index in [1.54, 1.807) is 0 Å². The maximum absolute atomic E-state index is 10.8. The zero-order chi connectivity index (χ0) is 11.1. The number of hydrogen-bond donors (Lipinski definition) is 1. The van der Waals surface area contributed by atoms with E-state index in [1.807, 2.05) is 31.3 Å². The van der Waals surface area contributed by atoms with Gasteiger partial charge in [-0.25, -0.2) is 0 Å². The summed E-state index contributed by atoms with van der Waals surface area (Å²) in [6.07, 6.45) is 0.125. The van der Waals surface area contributed by atoms with Gasteiger partial charge in [-0.05, 0) is 18.2 Å². The average Bonchev–Trinajstić information content (AvgIpc) is 2.29. The van der Waals surface area contributed by atoms with Gasteiger partial charge in [0.15, 0.2) is 0 Å². The van der Waals surface area contributed by atoms with Crippen molar-refractivity contribution < 1.29 is 9.53 Å². The second kappa shape index (κ2) is 5.71. The summed E-state index contributed by atoms with van der Waals surface area (Å²) in [5.41, 5.74) is 1.88. The molecule has 1 aromatic rings. The topological polar surface area (TPSA) is 38.3 Å². The second-order valence-electron chi connectivity index (χ2n) is 2.89. The number of hydrogen-bond acceptors (Lipinski definition) is 3. The number of nitrogens with one attached hydrogen (secondary N) is 1. The van der Waals surface area contributed by atoms with Crippen molar-refractivity contribution in [1.82, 2.24) is 0 Å². The maximum Gasteiger partial charge on any atom is 0.317 e. The molecule has 1 rings (SSSR count). The average molecular weight is 203 g/mol. The third-order valence-corrected chi connectivity index (χ3v) is 1.84. The first-order valence-electron chi connectivity index (χ1n) is 4.59. The number of ether oxygens (including phenoxy) is 1. The molecule has 78 valence electrons. The highest BCUT2D eigenvalue weighted by Gasteiger charge is 1.94. The van der Waals surface area contributed by atoms with Gasteiger partial charge in [-0.3, -0.25) is 4.79 Å². The van der Waals surface area contributed by atoms with Crippen molar-refractivity contribution in [1.29, 1.82) is 0 Å². The standard InChI is InChI=1S/C12H13NO2/c1-13-11-7-3-5-10(9-11)6-4-8-12(14)15-2/h3,5,7,9,13H,8H2,1-2H3. The second-order valence-corrected chi connectivity index (χ2v) is 2.89. The van der Waals surface area contributed by atoms with Gasteiger partial charge in [0.05, 0.1) is 7.11 Å². The highest BCUT2D eigenvalue weighted by atomic mass is 16.5. The third-order valence-electron chi connectivity index (χ3n) is 1.84. The van der Waals surface area contributed by atoms with E-state index in [0.717, 1.165) is 11.3 Å². The van der Waals surface area contributed by atoms with Crippen LogP contribution >= 0.6 is 0 Å². The number of rotatable bonds is 2. The number of carbonyl (C=O) groups is 1. The van der Waals surface area contributed by atoms with Gasteiger partial charge in [0.2, 0.25) is 0 Å². The first-order valence-corrected chi connectivity index (χ1v) is 4.59. The van der Waals surface area contributed by atoms with Gasteiger partial charge in [-0.1, -0.05) is 17.9 Å². The molecule has 0 amide bonds. The van der Waals surface area contributed by atoms with Crippen molar-refractivity contribution in [2.24, 2.45) is 0 Å². The van der Waals surface area contributed by atoms with Crippen LogP contribution in [-0.2, 0) is 9.53 Å². The van der Waals surface area contributed by atoms with Crippen LogP contribution in [0.2, 0.25) is 0 Å². The van der Waals surface area contributed by atoms with Gasteiger partial charge in [0.1, 0.15) is 6.42 Å². The minimum atomic E-state index is -0.313. The molecule has 0 spiro atoms. The Morgan fingerprint density at radius 2 is 2.33 bits per heavy atom. The van der Waals surface area contributed by atoms with Gasteiger partial charge in [-0.15, -0.1) is 0 Å². The Labute approximate surface area is 89.4 Å². The Morgan fingerprint density at radius 1 is 1.53 bits per heavy atom. The molecule has 1 aromatic carbocycles. The van der Waals surface area contributed by atoms with Crippen LogP contribution in [0.5, 0.6) is 0 Å². The van der Waals surface area contributed by atoms with Gasteiger partial charge in [-0.2, -0.15) is 0 Å². The van der Waals surface area contributed by atoms with E-state index in [1.165, 1.54) is 7.11 Å². The van der Waals surface area contributed by atoms with Gasteiger partial charge in [0, 0.05) is 18.3 Å². The minimum Gasteiger partial charge on any atom is -0.468 e. The van der Waals surface area contributed by atoms with E-state index in [-0.39, 0.29) is 12.4 Å². The third kappa shape index (κ3) is 3.74. The van der Waals surface area contributed by atoms with Crippen LogP contribution < -0.4 is 5.32 Å². The van der Waals surface area contributed by atoms with E-state index in [4.69, 9.17) is 0 Å². The molecule has 0 fully saturated rings. The zero-order valence-electron chi connectivity index (χ0n) is 8.83. The minimum absolute atomic E-state index is 0.125. The van der Waals surface area contributed by atoms with Gasteiger partial charge >= 0.3 is 5.97 Å². The molecule has 0 saturated carbocycles. The molecular weight excluding hydrogens is 190 g/mol. The lowest BCUT2D eigenvalue weighted by atomic mass is 10.2. The summed E-state index contributed by atoms with van der Waals surface area (Å²) in [5, 5.41) is 3.02. The number of esters is 1. The SMILES string of the molecule is CNc1cccc(C#CCC(=O)OC)c1. The maximum atomic E-state index is 10.8. The van der Waals surface area contributed by atoms with Crippen molar-refractivity contribution in [2.75, 3.05) is 19.5 Å². The molecule has 15 heavy (non-hydrogen) atoms. The Hall–Kier alpha value is -1.95. The van der Waals surface area contributed by atoms with E-state index in [0.29, 0.717) is 0 Å². The molecule has 0 heterocycles. The predicted molar refractivity (Wildman–Crippen MR) is 59.5 cm³/mol. The molecule has 0 atom stereocenters. The molecule has 0 aromatic heterocycles. The van der Waals surface area contributed by atoms with E-state index < -0.39 is 0 Å². The number of benzene rings is 1. The Morgan fingerprint density at radius 3 is 3.00 bits per heavy atom. The molecule has 3 nitrogen and oxygen atoms in total. The molecule has 0 saturated heterocycles. The van der Waals surface area contributed by atoms with Crippen LogP contribution in [0.25, 0.3) is 0 Å². The molecule has 1 N–H and O–H groups in total. The highest BCUT2D eigenvalue weighted by molar-refractivity contribution is 5.72. The highest BCUT2D eigenvalue weighted by Crippen LogP contribution is 2.08. The fourth-order valence-electron chi connectivity index (χ4n) is 1.04. The summed E-state index contributed by atoms with van der Waals surface area (Å²) in [5.74, 6) is 5.33.